The highest BCUT2D eigenvalue weighted by molar-refractivity contribution is 5.99. The van der Waals surface area contributed by atoms with Gasteiger partial charge in [-0.1, -0.05) is 12.1 Å². The predicted molar refractivity (Wildman–Crippen MR) is 143 cm³/mol. The van der Waals surface area contributed by atoms with E-state index in [-0.39, 0.29) is 42.6 Å². The fourth-order valence-corrected chi connectivity index (χ4v) is 4.16. The lowest BCUT2D eigenvalue weighted by Crippen LogP contribution is -2.50. The Bertz CT molecular complexity index is 1150. The minimum Gasteiger partial charge on any atom is -0.487 e. The van der Waals surface area contributed by atoms with Crippen molar-refractivity contribution in [3.63, 3.8) is 0 Å². The van der Waals surface area contributed by atoms with Crippen LogP contribution in [0.3, 0.4) is 0 Å². The van der Waals surface area contributed by atoms with E-state index in [9.17, 15) is 19.5 Å². The summed E-state index contributed by atoms with van der Waals surface area (Å²) in [6.07, 6.45) is -0.473. The minimum absolute atomic E-state index is 0.0563. The summed E-state index contributed by atoms with van der Waals surface area (Å²) in [5, 5.41) is 22.0. The van der Waals surface area contributed by atoms with Gasteiger partial charge in [0.1, 0.15) is 23.2 Å². The number of carbonyl (C=O) groups excluding carboxylic acids is 3. The first kappa shape index (κ1) is 28.8. The van der Waals surface area contributed by atoms with Crippen LogP contribution in [0.25, 0.3) is 0 Å². The van der Waals surface area contributed by atoms with Gasteiger partial charge in [-0.25, -0.2) is 9.59 Å². The number of urea groups is 2. The maximum atomic E-state index is 13.5. The number of aromatic nitrogens is 1. The second-order valence-electron chi connectivity index (χ2n) is 10.1. The molecule has 0 bridgehead atoms. The van der Waals surface area contributed by atoms with E-state index < -0.39 is 18.2 Å². The van der Waals surface area contributed by atoms with Crippen LogP contribution in [0.15, 0.2) is 22.7 Å². The lowest BCUT2D eigenvalue weighted by molar-refractivity contribution is 0.0371. The predicted octanol–water partition coefficient (Wildman–Crippen LogP) is 3.21. The number of aliphatic hydroxyl groups excluding tert-OH is 1. The molecule has 38 heavy (non-hydrogen) atoms. The van der Waals surface area contributed by atoms with E-state index in [0.29, 0.717) is 35.1 Å². The largest absolute Gasteiger partial charge is 0.487 e. The molecule has 1 aromatic carbocycles. The zero-order chi connectivity index (χ0) is 28.1. The topological polar surface area (TPSA) is 149 Å². The molecule has 4 N–H and O–H groups in total. The molecule has 5 amide bonds. The molecule has 2 aromatic rings. The molecule has 0 fully saturated rings. The summed E-state index contributed by atoms with van der Waals surface area (Å²) in [7, 11) is 1.66. The Morgan fingerprint density at radius 1 is 1.24 bits per heavy atom. The highest BCUT2D eigenvalue weighted by Crippen LogP contribution is 2.31. The molecular formula is C26H38N6O6. The number of carbonyl (C=O) groups is 3. The van der Waals surface area contributed by atoms with Crippen LogP contribution in [0.5, 0.6) is 5.75 Å². The molecule has 1 aromatic heterocycles. The third-order valence-electron chi connectivity index (χ3n) is 6.41. The van der Waals surface area contributed by atoms with Gasteiger partial charge in [-0.05, 0) is 52.8 Å². The fourth-order valence-electron chi connectivity index (χ4n) is 4.16. The molecule has 208 valence electrons. The first-order valence-electron chi connectivity index (χ1n) is 12.7. The van der Waals surface area contributed by atoms with Gasteiger partial charge in [0.2, 0.25) is 0 Å². The third kappa shape index (κ3) is 6.74. The number of aliphatic hydroxyl groups is 1. The summed E-state index contributed by atoms with van der Waals surface area (Å²) < 4.78 is 11.4. The molecule has 1 aliphatic heterocycles. The normalized spacial score (nSPS) is 18.1. The fraction of sp³-hybridized carbons (Fsp3) is 0.538. The van der Waals surface area contributed by atoms with Crippen molar-refractivity contribution in [2.24, 2.45) is 5.92 Å². The number of nitrogens with zero attached hydrogens (tertiary/aromatic N) is 3. The third-order valence-corrected chi connectivity index (χ3v) is 6.41. The minimum atomic E-state index is -0.473. The molecule has 0 aliphatic carbocycles. The number of hydrogen-bond donors (Lipinski definition) is 4. The van der Waals surface area contributed by atoms with Crippen LogP contribution in [0.4, 0.5) is 21.0 Å². The number of aryl methyl sites for hydroxylation is 2. The van der Waals surface area contributed by atoms with Gasteiger partial charge in [-0.2, -0.15) is 0 Å². The molecule has 0 saturated carbocycles. The van der Waals surface area contributed by atoms with Crippen molar-refractivity contribution in [3.8, 4) is 5.75 Å². The summed E-state index contributed by atoms with van der Waals surface area (Å²) in [6, 6.07) is 3.60. The summed E-state index contributed by atoms with van der Waals surface area (Å²) in [5.41, 5.74) is 1.78. The van der Waals surface area contributed by atoms with Crippen molar-refractivity contribution in [3.05, 3.63) is 35.2 Å². The monoisotopic (exact) mass is 530 g/mol. The van der Waals surface area contributed by atoms with E-state index >= 15 is 0 Å². The number of benzene rings is 1. The van der Waals surface area contributed by atoms with Gasteiger partial charge in [-0.3, -0.25) is 4.79 Å². The molecule has 0 spiro atoms. The Kier molecular flexibility index (Phi) is 9.21. The van der Waals surface area contributed by atoms with Crippen molar-refractivity contribution < 1.29 is 28.8 Å². The SMILES string of the molecule is Cc1noc(C)c1NC(=O)N(C)C[C@H]1Oc2ccc(NC(=O)NC(C)C)cc2C(=O)N([C@H](C)CO)C[C@@H]1C. The van der Waals surface area contributed by atoms with Crippen molar-refractivity contribution >= 4 is 29.3 Å². The standard InChI is InChI=1S/C26H38N6O6/c1-14(2)27-25(35)28-19-8-9-21-20(10-19)24(34)32(16(4)13-33)11-15(3)22(37-21)12-31(7)26(36)29-23-17(5)30-38-18(23)6/h8-10,14-16,22,33H,11-13H2,1-7H3,(H,29,36)(H2,27,28,35)/t15-,16+,22+/m0/s1. The molecule has 2 heterocycles. The number of anilines is 2. The molecule has 1 aliphatic rings. The lowest BCUT2D eigenvalue weighted by atomic mass is 9.99. The summed E-state index contributed by atoms with van der Waals surface area (Å²) >= 11 is 0. The lowest BCUT2D eigenvalue weighted by Gasteiger charge is -2.38. The first-order chi connectivity index (χ1) is 17.9. The van der Waals surface area contributed by atoms with Crippen LogP contribution < -0.4 is 20.7 Å². The van der Waals surface area contributed by atoms with E-state index in [1.807, 2.05) is 20.8 Å². The number of amides is 5. The Morgan fingerprint density at radius 3 is 2.55 bits per heavy atom. The number of nitrogens with one attached hydrogen (secondary N) is 3. The second-order valence-corrected chi connectivity index (χ2v) is 10.1. The maximum Gasteiger partial charge on any atom is 0.321 e. The number of hydrogen-bond acceptors (Lipinski definition) is 7. The molecule has 12 heteroatoms. The molecule has 12 nitrogen and oxygen atoms in total. The molecular weight excluding hydrogens is 492 g/mol. The van der Waals surface area contributed by atoms with Crippen LogP contribution >= 0.6 is 0 Å². The van der Waals surface area contributed by atoms with Crippen LogP contribution in [0.2, 0.25) is 0 Å². The molecule has 3 rings (SSSR count). The molecule has 0 saturated heterocycles. The van der Waals surface area contributed by atoms with E-state index in [2.05, 4.69) is 21.1 Å². The van der Waals surface area contributed by atoms with Crippen molar-refractivity contribution in [2.75, 3.05) is 37.4 Å². The first-order valence-corrected chi connectivity index (χ1v) is 12.7. The Hall–Kier alpha value is -3.80. The van der Waals surface area contributed by atoms with Gasteiger partial charge >= 0.3 is 12.1 Å². The number of likely N-dealkylation sites (N-methyl/N-ethyl adjacent to an activating group) is 1. The molecule has 3 atom stereocenters. The highest BCUT2D eigenvalue weighted by atomic mass is 16.5. The maximum absolute atomic E-state index is 13.5. The zero-order valence-electron chi connectivity index (χ0n) is 23.0. The Balaban J connectivity index is 1.87. The van der Waals surface area contributed by atoms with E-state index in [1.165, 1.54) is 4.90 Å². The summed E-state index contributed by atoms with van der Waals surface area (Å²) in [5.74, 6) is 0.345. The van der Waals surface area contributed by atoms with Gasteiger partial charge in [0.05, 0.1) is 24.8 Å². The zero-order valence-corrected chi connectivity index (χ0v) is 23.0. The highest BCUT2D eigenvalue weighted by Gasteiger charge is 2.34. The van der Waals surface area contributed by atoms with Gasteiger partial charge in [0.15, 0.2) is 5.76 Å². The number of rotatable bonds is 7. The van der Waals surface area contributed by atoms with Crippen LogP contribution in [-0.4, -0.2) is 83.0 Å². The van der Waals surface area contributed by atoms with E-state index in [1.54, 1.807) is 50.9 Å². The second kappa shape index (κ2) is 12.2. The average molecular weight is 531 g/mol. The summed E-state index contributed by atoms with van der Waals surface area (Å²) in [4.78, 5) is 41.8. The smallest absolute Gasteiger partial charge is 0.321 e. The molecule has 0 radical (unpaired) electrons. The average Bonchev–Trinajstić information content (AvgIpc) is 3.17. The van der Waals surface area contributed by atoms with Crippen molar-refractivity contribution in [2.45, 2.75) is 59.7 Å². The van der Waals surface area contributed by atoms with Crippen LogP contribution in [-0.2, 0) is 0 Å². The van der Waals surface area contributed by atoms with Crippen molar-refractivity contribution in [1.29, 1.82) is 0 Å². The quantitative estimate of drug-likeness (QED) is 0.429. The van der Waals surface area contributed by atoms with Gasteiger partial charge in [-0.15, -0.1) is 0 Å². The van der Waals surface area contributed by atoms with Gasteiger partial charge < -0.3 is 40.1 Å². The molecule has 0 unspecified atom stereocenters. The van der Waals surface area contributed by atoms with E-state index in [4.69, 9.17) is 9.26 Å². The van der Waals surface area contributed by atoms with Crippen molar-refractivity contribution in [1.82, 2.24) is 20.3 Å². The number of ether oxygens (including phenoxy) is 1. The Morgan fingerprint density at radius 2 is 1.95 bits per heavy atom. The van der Waals surface area contributed by atoms with Crippen LogP contribution in [0.1, 0.15) is 49.5 Å². The Labute approximate surface area is 222 Å². The number of fused-ring (bicyclic) bond motifs is 1. The van der Waals surface area contributed by atoms with Crippen LogP contribution in [0, 0.1) is 19.8 Å². The van der Waals surface area contributed by atoms with Gasteiger partial charge in [0.25, 0.3) is 5.91 Å². The van der Waals surface area contributed by atoms with E-state index in [0.717, 1.165) is 0 Å². The summed E-state index contributed by atoms with van der Waals surface area (Å²) in [6.45, 7) is 11.2. The van der Waals surface area contributed by atoms with Gasteiger partial charge in [0, 0.05) is 31.2 Å².